The number of nitrogen functional groups attached to an aromatic ring is 1. The lowest BCUT2D eigenvalue weighted by Gasteiger charge is -2.29. The summed E-state index contributed by atoms with van der Waals surface area (Å²) in [5.41, 5.74) is 19.3. The fraction of sp³-hybridized carbons (Fsp3) is 0.506. The lowest BCUT2D eigenvalue weighted by Crippen LogP contribution is -2.58. The van der Waals surface area contributed by atoms with Gasteiger partial charge in [-0.25, -0.2) is 4.79 Å². The molecule has 0 aliphatic carbocycles. The van der Waals surface area contributed by atoms with Crippen molar-refractivity contribution in [1.82, 2.24) is 58.2 Å². The Morgan fingerprint density at radius 1 is 0.628 bits per heavy atom. The van der Waals surface area contributed by atoms with Crippen molar-refractivity contribution in [3.8, 4) is 0 Å². The highest BCUT2D eigenvalue weighted by atomic mass is 16.5. The summed E-state index contributed by atoms with van der Waals surface area (Å²) in [6, 6.07) is 4.30. The number of carbonyl (C=O) groups excluding carboxylic acids is 16. The highest BCUT2D eigenvalue weighted by Gasteiger charge is 2.42. The molecule has 0 bridgehead atoms. The predicted octanol–water partition coefficient (Wildman–Crippen LogP) is -0.574. The Balaban J connectivity index is 1.54. The summed E-state index contributed by atoms with van der Waals surface area (Å²) >= 11 is 0. The summed E-state index contributed by atoms with van der Waals surface area (Å²) in [7, 11) is 0. The molecule has 20 N–H and O–H groups in total. The summed E-state index contributed by atoms with van der Waals surface area (Å²) in [5.74, 6) is -27.4. The average molecular weight is 1580 g/mol. The molecule has 0 saturated carbocycles. The van der Waals surface area contributed by atoms with E-state index in [-0.39, 0.29) is 37.1 Å². The smallest absolute Gasteiger partial charge is 0.337 e. The molecule has 614 valence electrons. The quantitative estimate of drug-likeness (QED) is 0.00986. The number of cyclic esters (lactones) is 1. The monoisotopic (exact) mass is 1580 g/mol. The number of nitrogens with one attached hydrogen (secondary N) is 11. The lowest BCUT2D eigenvalue weighted by molar-refractivity contribution is -0.155. The number of aliphatic hydroxyl groups is 1. The third-order valence-electron chi connectivity index (χ3n) is 19.0. The van der Waals surface area contributed by atoms with Gasteiger partial charge in [-0.05, 0) is 93.5 Å². The van der Waals surface area contributed by atoms with Crippen LogP contribution in [0.4, 0.5) is 5.69 Å². The molecule has 1 aromatic heterocycles. The van der Waals surface area contributed by atoms with Gasteiger partial charge in [-0.2, -0.15) is 0 Å². The molecule has 0 spiro atoms. The number of benzene rings is 3. The van der Waals surface area contributed by atoms with Crippen molar-refractivity contribution in [2.45, 2.75) is 199 Å². The molecule has 0 radical (unpaired) electrons. The van der Waals surface area contributed by atoms with Crippen molar-refractivity contribution in [3.05, 3.63) is 101 Å². The van der Waals surface area contributed by atoms with Gasteiger partial charge in [-0.15, -0.1) is 0 Å². The molecule has 1 aliphatic heterocycles. The second kappa shape index (κ2) is 45.5. The third-order valence-corrected chi connectivity index (χ3v) is 19.0. The Hall–Kier alpha value is -11.8. The van der Waals surface area contributed by atoms with E-state index in [1.54, 1.807) is 42.6 Å². The molecule has 0 unspecified atom stereocenters. The minimum absolute atomic E-state index is 0.00670. The number of aromatic amines is 1. The molecule has 11 amide bonds. The zero-order chi connectivity index (χ0) is 83.8. The van der Waals surface area contributed by atoms with Gasteiger partial charge in [0.15, 0.2) is 29.2 Å². The van der Waals surface area contributed by atoms with Crippen LogP contribution in [0.25, 0.3) is 10.9 Å². The maximum Gasteiger partial charge on any atom is 0.337 e. The van der Waals surface area contributed by atoms with E-state index >= 15 is 0 Å². The molecule has 36 nitrogen and oxygen atoms in total. The minimum Gasteiger partial charge on any atom is -0.481 e. The van der Waals surface area contributed by atoms with Crippen LogP contribution >= 0.6 is 0 Å². The first-order valence-corrected chi connectivity index (χ1v) is 37.4. The molecular formula is C77H104N14O22. The van der Waals surface area contributed by atoms with E-state index < -0.39 is 248 Å². The molecule has 5 rings (SSSR count). The molecule has 4 aromatic rings. The van der Waals surface area contributed by atoms with Crippen LogP contribution in [0.5, 0.6) is 0 Å². The number of aliphatic hydroxyl groups excluding tert-OH is 1. The molecule has 1 aliphatic rings. The van der Waals surface area contributed by atoms with Crippen LogP contribution in [0, 0.1) is 23.7 Å². The number of esters is 1. The van der Waals surface area contributed by atoms with Crippen LogP contribution in [0.3, 0.4) is 0 Å². The summed E-state index contributed by atoms with van der Waals surface area (Å²) in [6.07, 6.45) is 1.11. The van der Waals surface area contributed by atoms with Gasteiger partial charge >= 0.3 is 17.9 Å². The lowest BCUT2D eigenvalue weighted by atomic mass is 9.84. The number of amides is 11. The molecule has 113 heavy (non-hydrogen) atoms. The van der Waals surface area contributed by atoms with Crippen molar-refractivity contribution < 1.29 is 106 Å². The Bertz CT molecular complexity index is 4110. The summed E-state index contributed by atoms with van der Waals surface area (Å²) in [5, 5.41) is 54.1. The van der Waals surface area contributed by atoms with Gasteiger partial charge in [0.05, 0.1) is 44.6 Å². The highest BCUT2D eigenvalue weighted by molar-refractivity contribution is 6.16. The number of H-pyrrole nitrogens is 1. The first kappa shape index (κ1) is 91.8. The number of para-hydroxylation sites is 2. The van der Waals surface area contributed by atoms with Crippen molar-refractivity contribution in [2.24, 2.45) is 35.1 Å². The second-order valence-electron chi connectivity index (χ2n) is 28.2. The van der Waals surface area contributed by atoms with Crippen LogP contribution in [0.2, 0.25) is 0 Å². The SMILES string of the molecule is CCCCCCCCc1ccc(C(=O)N[C@@H](Cc2c[nH]c3ccccc23)C(=O)N[C@H](CC(N)=O)C(=O)C[C@@H](C)C(=O)N[C@@H]2C(=O)NCC(=O)N[C@@H](CCCN)C(=O)N[C@@H](CC(=O)O)C(=O)C[C@H](C)C(=O)N[C@@H](C)C(=O)NCC(=O)N[C@H](CO)C(=O)C[C@@H]([C@H](C)CC(=O)O)C(=O)N[C@@H](C(=O)c3ccccc3N)C(=O)O[C@@H]2C)cc1. The number of primary amides is 1. The first-order chi connectivity index (χ1) is 53.5. The minimum atomic E-state index is -2.54. The van der Waals surface area contributed by atoms with Crippen molar-refractivity contribution >= 4 is 123 Å². The zero-order valence-electron chi connectivity index (χ0n) is 64.0. The number of hydrogen-bond donors (Lipinski definition) is 17. The normalized spacial score (nSPS) is 21.6. The third kappa shape index (κ3) is 29.4. The van der Waals surface area contributed by atoms with E-state index in [1.165, 1.54) is 45.9 Å². The van der Waals surface area contributed by atoms with Gasteiger partial charge in [-0.3, -0.25) is 81.5 Å². The summed E-state index contributed by atoms with van der Waals surface area (Å²) in [6.45, 7) is 4.66. The number of nitrogens with two attached hydrogens (primary N) is 3. The van der Waals surface area contributed by atoms with E-state index in [1.807, 2.05) is 12.1 Å². The largest absolute Gasteiger partial charge is 0.481 e. The van der Waals surface area contributed by atoms with Crippen LogP contribution in [-0.4, -0.2) is 207 Å². The van der Waals surface area contributed by atoms with Crippen molar-refractivity contribution in [1.29, 1.82) is 0 Å². The van der Waals surface area contributed by atoms with Crippen molar-refractivity contribution in [2.75, 3.05) is 32.0 Å². The summed E-state index contributed by atoms with van der Waals surface area (Å²) in [4.78, 5) is 252. The van der Waals surface area contributed by atoms with E-state index in [0.717, 1.165) is 63.5 Å². The number of carboxylic acid groups (broad SMARTS) is 2. The van der Waals surface area contributed by atoms with Gasteiger partial charge in [-0.1, -0.05) is 102 Å². The average Bonchev–Trinajstić information content (AvgIpc) is 1.80. The number of aromatic nitrogens is 1. The Labute approximate surface area is 651 Å². The standard InChI is InChI=1S/C77H104N14O22/c1-7-8-9-10-11-12-18-45-24-26-46(27-25-45)72(107)89-56(32-47-36-81-52-22-16-14-19-48(47)52)75(110)87-54(34-61(80)96)58(93)30-42(4)70(105)90-66-44(6)113-77(112)67(68(103)49-20-13-15-21-51(49)79)91-73(108)50(40(2)31-64(99)100)33-60(95)57(39-92)86-63(98)37-82-71(106)43(5)84-69(104)41(3)29-59(94)55(35-65(101)102)88-74(109)53(23-17-28-78)85-62(97)38-83-76(66)111/h13-16,19-22,24-27,36,40-44,50,53-57,66-67,81,92H,7-12,17-18,23,28-35,37-39,78-79H2,1-6H3,(H2,80,96)(H,82,106)(H,83,111)(H,84,104)(H,85,97)(H,86,98)(H,87,110)(H,88,109)(H,89,107)(H,90,105)(H,91,108)(H,99,100)(H,101,102)/t40-,41+,42-,43+,44-,50+,53+,54-,55+,56+,57-,66+,67+/m1/s1. The molecule has 1 fully saturated rings. The van der Waals surface area contributed by atoms with Crippen molar-refractivity contribution in [3.63, 3.8) is 0 Å². The van der Waals surface area contributed by atoms with Gasteiger partial charge in [0, 0.05) is 83.8 Å². The molecular weight excluding hydrogens is 1470 g/mol. The first-order valence-electron chi connectivity index (χ1n) is 37.4. The molecule has 2 heterocycles. The van der Waals surface area contributed by atoms with Gasteiger partial charge in [0.1, 0.15) is 36.3 Å². The van der Waals surface area contributed by atoms with E-state index in [9.17, 15) is 102 Å². The number of fused-ring (bicyclic) bond motifs is 1. The number of carbonyl (C=O) groups is 18. The van der Waals surface area contributed by atoms with E-state index in [4.69, 9.17) is 21.9 Å². The predicted molar refractivity (Wildman–Crippen MR) is 406 cm³/mol. The van der Waals surface area contributed by atoms with E-state index in [2.05, 4.69) is 65.1 Å². The Kier molecular flexibility index (Phi) is 37.0. The summed E-state index contributed by atoms with van der Waals surface area (Å²) < 4.78 is 5.73. The van der Waals surface area contributed by atoms with Gasteiger partial charge in [0.2, 0.25) is 59.1 Å². The van der Waals surface area contributed by atoms with Crippen LogP contribution in [0.1, 0.15) is 163 Å². The fourth-order valence-corrected chi connectivity index (χ4v) is 12.4. The van der Waals surface area contributed by atoms with Gasteiger partial charge in [0.25, 0.3) is 5.91 Å². The molecule has 36 heteroatoms. The molecule has 1 saturated heterocycles. The van der Waals surface area contributed by atoms with Crippen LogP contribution in [-0.2, 0) is 94.3 Å². The Morgan fingerprint density at radius 2 is 1.26 bits per heavy atom. The van der Waals surface area contributed by atoms with Gasteiger partial charge < -0.3 is 95.4 Å². The second-order valence-corrected chi connectivity index (χ2v) is 28.2. The number of aryl methyl sites for hydroxylation is 1. The maximum absolute atomic E-state index is 14.8. The number of unbranched alkanes of at least 4 members (excludes halogenated alkanes) is 5. The topological polar surface area (TPSA) is 591 Å². The molecule has 13 atom stereocenters. The number of rotatable bonds is 31. The number of carboxylic acids is 2. The zero-order valence-corrected chi connectivity index (χ0v) is 64.0. The number of ether oxygens (including phenoxy) is 1. The van der Waals surface area contributed by atoms with E-state index in [0.29, 0.717) is 16.5 Å². The maximum atomic E-state index is 14.8. The number of anilines is 1. The van der Waals surface area contributed by atoms with Crippen LogP contribution < -0.4 is 70.4 Å². The number of aliphatic carboxylic acids is 2. The fourth-order valence-electron chi connectivity index (χ4n) is 12.4. The highest BCUT2D eigenvalue weighted by Crippen LogP contribution is 2.25. The van der Waals surface area contributed by atoms with Crippen LogP contribution in [0.15, 0.2) is 79.0 Å². The number of Topliss-reactive ketones (excluding diaryl/α,β-unsaturated/α-hetero) is 4. The number of ketones is 4. The Morgan fingerprint density at radius 3 is 1.89 bits per heavy atom. The number of hydrogen-bond acceptors (Lipinski definition) is 22. The molecule has 3 aromatic carbocycles.